The summed E-state index contributed by atoms with van der Waals surface area (Å²) >= 11 is 0. The van der Waals surface area contributed by atoms with E-state index < -0.39 is 53.2 Å². The van der Waals surface area contributed by atoms with Crippen LogP contribution in [0.1, 0.15) is 26.5 Å². The molecule has 0 radical (unpaired) electrons. The van der Waals surface area contributed by atoms with E-state index >= 15 is 0 Å². The maximum absolute atomic E-state index is 12.5. The van der Waals surface area contributed by atoms with Crippen molar-refractivity contribution in [2.24, 2.45) is 0 Å². The monoisotopic (exact) mass is 394 g/mol. The van der Waals surface area contributed by atoms with Crippen molar-refractivity contribution in [3.05, 3.63) is 38.7 Å². The van der Waals surface area contributed by atoms with Crippen molar-refractivity contribution in [3.63, 3.8) is 0 Å². The number of aromatic amines is 1. The summed E-state index contributed by atoms with van der Waals surface area (Å²) in [6.45, 7) is 3.18. The van der Waals surface area contributed by atoms with Crippen molar-refractivity contribution in [2.45, 2.75) is 44.8 Å². The van der Waals surface area contributed by atoms with Crippen LogP contribution in [0.15, 0.2) is 21.7 Å². The Kier molecular flexibility index (Phi) is 4.94. The zero-order valence-corrected chi connectivity index (χ0v) is 15.3. The first kappa shape index (κ1) is 19.5. The zero-order chi connectivity index (χ0) is 20.6. The van der Waals surface area contributed by atoms with Gasteiger partial charge in [-0.05, 0) is 12.2 Å². The second-order valence-corrected chi connectivity index (χ2v) is 6.35. The van der Waals surface area contributed by atoms with E-state index in [1.165, 1.54) is 25.1 Å². The predicted octanol–water partition coefficient (Wildman–Crippen LogP) is -0.958. The number of nitrogens with one attached hydrogen (secondary N) is 1. The summed E-state index contributed by atoms with van der Waals surface area (Å²) in [5.41, 5.74) is -2.90. The molecule has 11 nitrogen and oxygen atoms in total. The number of ether oxygens (including phenoxy) is 4. The highest BCUT2D eigenvalue weighted by atomic mass is 16.7. The third-order valence-electron chi connectivity index (χ3n) is 4.27. The number of hydrogen-bond donors (Lipinski definition) is 1. The van der Waals surface area contributed by atoms with Crippen LogP contribution < -0.4 is 11.2 Å². The Balaban J connectivity index is 2.12. The van der Waals surface area contributed by atoms with Crippen LogP contribution >= 0.6 is 0 Å². The van der Waals surface area contributed by atoms with Crippen LogP contribution in [0.2, 0.25) is 0 Å². The van der Waals surface area contributed by atoms with Gasteiger partial charge in [0.05, 0.1) is 5.69 Å². The highest BCUT2D eigenvalue weighted by molar-refractivity contribution is 5.68. The fraction of sp³-hybridized carbons (Fsp3) is 0.471. The Hall–Kier alpha value is -3.21. The first-order chi connectivity index (χ1) is 13.1. The minimum Gasteiger partial charge on any atom is -0.463 e. The molecule has 1 N–H and O–H groups in total. The molecule has 2 aliphatic rings. The lowest BCUT2D eigenvalue weighted by Gasteiger charge is -2.31. The van der Waals surface area contributed by atoms with Gasteiger partial charge in [-0.15, -0.1) is 0 Å². The predicted molar refractivity (Wildman–Crippen MR) is 90.9 cm³/mol. The number of fused-ring (bicyclic) bond motifs is 2. The molecule has 0 aliphatic carbocycles. The van der Waals surface area contributed by atoms with Crippen LogP contribution in [0.3, 0.4) is 0 Å². The first-order valence-corrected chi connectivity index (χ1v) is 8.36. The quantitative estimate of drug-likeness (QED) is 0.504. The highest BCUT2D eigenvalue weighted by Gasteiger charge is 2.61. The van der Waals surface area contributed by atoms with Gasteiger partial charge in [0, 0.05) is 26.8 Å². The molecule has 0 unspecified atom stereocenters. The normalized spacial score (nSPS) is 27.5. The third-order valence-corrected chi connectivity index (χ3v) is 4.27. The van der Waals surface area contributed by atoms with Gasteiger partial charge >= 0.3 is 23.6 Å². The van der Waals surface area contributed by atoms with Crippen LogP contribution in [0.5, 0.6) is 0 Å². The number of carbonyl (C=O) groups excluding carboxylic acids is 3. The summed E-state index contributed by atoms with van der Waals surface area (Å²) in [4.78, 5) is 60.8. The molecule has 1 saturated heterocycles. The van der Waals surface area contributed by atoms with E-state index in [1.807, 2.05) is 0 Å². The van der Waals surface area contributed by atoms with Crippen molar-refractivity contribution < 1.29 is 33.3 Å². The molecule has 11 heteroatoms. The smallest absolute Gasteiger partial charge is 0.331 e. The topological polar surface area (TPSA) is 143 Å². The van der Waals surface area contributed by atoms with Gasteiger partial charge in [0.15, 0.2) is 12.2 Å². The summed E-state index contributed by atoms with van der Waals surface area (Å²) in [7, 11) is 0. The molecule has 4 atom stereocenters. The van der Waals surface area contributed by atoms with E-state index in [4.69, 9.17) is 18.9 Å². The molecule has 2 aliphatic heterocycles. The van der Waals surface area contributed by atoms with Gasteiger partial charge in [-0.1, -0.05) is 0 Å². The maximum atomic E-state index is 12.5. The highest BCUT2D eigenvalue weighted by Crippen LogP contribution is 2.43. The Morgan fingerprint density at radius 1 is 1.14 bits per heavy atom. The lowest BCUT2D eigenvalue weighted by atomic mass is 10.0. The van der Waals surface area contributed by atoms with E-state index in [0.717, 1.165) is 18.4 Å². The van der Waals surface area contributed by atoms with E-state index in [0.29, 0.717) is 0 Å². The second-order valence-electron chi connectivity index (χ2n) is 6.35. The van der Waals surface area contributed by atoms with Gasteiger partial charge in [-0.25, -0.2) is 4.79 Å². The minimum absolute atomic E-state index is 0.209. The first-order valence-electron chi connectivity index (χ1n) is 8.36. The SMILES string of the molecule is CC(=O)OC[C@H]1O[C@]2(C=Cc3cc(=O)[nH]c(=O)n32)[C@H](OC(C)=O)[C@@H]1OC(C)=O. The fourth-order valence-electron chi connectivity index (χ4n) is 3.38. The summed E-state index contributed by atoms with van der Waals surface area (Å²) in [5.74, 6) is -2.00. The molecule has 1 aromatic heterocycles. The zero-order valence-electron chi connectivity index (χ0n) is 15.3. The number of aromatic nitrogens is 2. The largest absolute Gasteiger partial charge is 0.463 e. The Morgan fingerprint density at radius 2 is 1.82 bits per heavy atom. The van der Waals surface area contributed by atoms with Gasteiger partial charge < -0.3 is 18.9 Å². The van der Waals surface area contributed by atoms with Crippen LogP contribution in [0.4, 0.5) is 0 Å². The number of nitrogens with zero attached hydrogens (tertiary/aromatic N) is 1. The van der Waals surface area contributed by atoms with E-state index in [2.05, 4.69) is 4.98 Å². The molecule has 3 heterocycles. The van der Waals surface area contributed by atoms with Gasteiger partial charge in [-0.3, -0.25) is 28.7 Å². The minimum atomic E-state index is -1.69. The lowest BCUT2D eigenvalue weighted by Crippen LogP contribution is -2.51. The van der Waals surface area contributed by atoms with Gasteiger partial charge in [0.25, 0.3) is 5.56 Å². The standard InChI is InChI=1S/C17H18N2O9/c1-8(20)25-7-12-14(26-9(2)21)15(27-10(3)22)17(28-12)5-4-11-6-13(23)18-16(24)19(11)17/h4-6,12,14-15H,7H2,1-3H3,(H,18,23,24)/t12-,14-,15-,17-/m1/s1. The molecule has 0 amide bonds. The maximum Gasteiger partial charge on any atom is 0.331 e. The number of carbonyl (C=O) groups is 3. The molecule has 1 spiro atoms. The van der Waals surface area contributed by atoms with Gasteiger partial charge in [0.1, 0.15) is 12.7 Å². The summed E-state index contributed by atoms with van der Waals surface area (Å²) < 4.78 is 22.7. The molecule has 0 saturated carbocycles. The fourth-order valence-corrected chi connectivity index (χ4v) is 3.38. The Morgan fingerprint density at radius 3 is 2.43 bits per heavy atom. The van der Waals surface area contributed by atoms with E-state index in [-0.39, 0.29) is 12.3 Å². The Bertz CT molecular complexity index is 976. The van der Waals surface area contributed by atoms with Gasteiger partial charge in [-0.2, -0.15) is 0 Å². The van der Waals surface area contributed by atoms with Gasteiger partial charge in [0.2, 0.25) is 5.72 Å². The van der Waals surface area contributed by atoms with Crippen LogP contribution in [0, 0.1) is 0 Å². The van der Waals surface area contributed by atoms with E-state index in [1.54, 1.807) is 0 Å². The van der Waals surface area contributed by atoms with Crippen molar-refractivity contribution in [1.82, 2.24) is 9.55 Å². The molecular formula is C17H18N2O9. The molecular weight excluding hydrogens is 376 g/mol. The van der Waals surface area contributed by atoms with Crippen molar-refractivity contribution in [2.75, 3.05) is 6.61 Å². The average Bonchev–Trinajstić information content (AvgIpc) is 3.06. The van der Waals surface area contributed by atoms with Crippen molar-refractivity contribution >= 4 is 24.0 Å². The average molecular weight is 394 g/mol. The third kappa shape index (κ3) is 3.36. The summed E-state index contributed by atoms with van der Waals surface area (Å²) in [6, 6.07) is 1.17. The van der Waals surface area contributed by atoms with Crippen LogP contribution in [-0.2, 0) is 39.1 Å². The number of esters is 3. The second kappa shape index (κ2) is 7.08. The van der Waals surface area contributed by atoms with Crippen LogP contribution in [-0.4, -0.2) is 52.4 Å². The molecule has 0 bridgehead atoms. The number of hydrogen-bond acceptors (Lipinski definition) is 9. The number of H-pyrrole nitrogens is 1. The van der Waals surface area contributed by atoms with Crippen LogP contribution in [0.25, 0.3) is 6.08 Å². The van der Waals surface area contributed by atoms with Crippen molar-refractivity contribution in [1.29, 1.82) is 0 Å². The lowest BCUT2D eigenvalue weighted by molar-refractivity contribution is -0.171. The summed E-state index contributed by atoms with van der Waals surface area (Å²) in [5, 5.41) is 0. The molecule has 1 fully saturated rings. The molecule has 3 rings (SSSR count). The molecule has 0 aromatic carbocycles. The molecule has 150 valence electrons. The Labute approximate surface area is 157 Å². The molecule has 1 aromatic rings. The van der Waals surface area contributed by atoms with E-state index in [9.17, 15) is 24.0 Å². The number of rotatable bonds is 4. The summed E-state index contributed by atoms with van der Waals surface area (Å²) in [6.07, 6.45) is -0.599. The molecule has 28 heavy (non-hydrogen) atoms. The van der Waals surface area contributed by atoms with Crippen molar-refractivity contribution in [3.8, 4) is 0 Å².